The average Bonchev–Trinajstić information content (AvgIpc) is 3.04. The van der Waals surface area contributed by atoms with Crippen LogP contribution in [0.3, 0.4) is 0 Å². The van der Waals surface area contributed by atoms with Crippen LogP contribution in [0, 0.1) is 5.92 Å². The van der Waals surface area contributed by atoms with Crippen molar-refractivity contribution in [2.24, 2.45) is 5.92 Å². The summed E-state index contributed by atoms with van der Waals surface area (Å²) in [5.41, 5.74) is 0.622. The highest BCUT2D eigenvalue weighted by molar-refractivity contribution is 6.31. The minimum atomic E-state index is -0.809. The van der Waals surface area contributed by atoms with Gasteiger partial charge in [-0.3, -0.25) is 0 Å². The first-order chi connectivity index (χ1) is 11.1. The first kappa shape index (κ1) is 18.0. The molecule has 1 fully saturated rings. The van der Waals surface area contributed by atoms with Crippen LogP contribution in [0.2, 0.25) is 5.02 Å². The van der Waals surface area contributed by atoms with E-state index in [4.69, 9.17) is 11.6 Å². The van der Waals surface area contributed by atoms with Gasteiger partial charge in [-0.25, -0.2) is 4.79 Å². The fourth-order valence-electron chi connectivity index (χ4n) is 2.84. The zero-order valence-corrected chi connectivity index (χ0v) is 14.4. The number of nitrogens with one attached hydrogen (secondary N) is 2. The van der Waals surface area contributed by atoms with E-state index < -0.39 is 6.10 Å². The van der Waals surface area contributed by atoms with Crippen LogP contribution in [0.1, 0.15) is 31.4 Å². The van der Waals surface area contributed by atoms with Crippen molar-refractivity contribution in [2.75, 3.05) is 32.7 Å². The van der Waals surface area contributed by atoms with Gasteiger partial charge in [0.05, 0.1) is 6.10 Å². The second-order valence-electron chi connectivity index (χ2n) is 6.24. The molecule has 2 rings (SSSR count). The number of rotatable bonds is 7. The average molecular weight is 340 g/mol. The van der Waals surface area contributed by atoms with Crippen molar-refractivity contribution in [1.29, 1.82) is 0 Å². The zero-order chi connectivity index (χ0) is 16.7. The lowest BCUT2D eigenvalue weighted by Gasteiger charge is -2.20. The largest absolute Gasteiger partial charge is 0.387 e. The fraction of sp³-hybridized carbons (Fsp3) is 0.588. The van der Waals surface area contributed by atoms with E-state index in [1.807, 2.05) is 6.07 Å². The van der Waals surface area contributed by atoms with E-state index in [1.165, 1.54) is 25.9 Å². The molecule has 0 bridgehead atoms. The maximum Gasteiger partial charge on any atom is 0.314 e. The van der Waals surface area contributed by atoms with Gasteiger partial charge in [-0.1, -0.05) is 36.7 Å². The molecule has 1 saturated heterocycles. The molecule has 1 aliphatic heterocycles. The molecule has 1 heterocycles. The quantitative estimate of drug-likeness (QED) is 0.714. The van der Waals surface area contributed by atoms with E-state index in [-0.39, 0.29) is 12.6 Å². The highest BCUT2D eigenvalue weighted by Gasteiger charge is 2.16. The van der Waals surface area contributed by atoms with Crippen LogP contribution in [-0.2, 0) is 0 Å². The summed E-state index contributed by atoms with van der Waals surface area (Å²) in [4.78, 5) is 14.3. The predicted octanol–water partition coefficient (Wildman–Crippen LogP) is 2.40. The highest BCUT2D eigenvalue weighted by Crippen LogP contribution is 2.21. The molecule has 23 heavy (non-hydrogen) atoms. The van der Waals surface area contributed by atoms with Crippen LogP contribution in [0.15, 0.2) is 24.3 Å². The third-order valence-corrected chi connectivity index (χ3v) is 4.44. The zero-order valence-electron chi connectivity index (χ0n) is 13.6. The number of benzene rings is 1. The summed E-state index contributed by atoms with van der Waals surface area (Å²) in [5, 5.41) is 16.1. The molecule has 0 spiro atoms. The number of halogens is 1. The minimum Gasteiger partial charge on any atom is -0.387 e. The van der Waals surface area contributed by atoms with Crippen molar-refractivity contribution in [3.63, 3.8) is 0 Å². The topological polar surface area (TPSA) is 64.6 Å². The molecule has 2 atom stereocenters. The number of hydrogen-bond acceptors (Lipinski definition) is 3. The first-order valence-electron chi connectivity index (χ1n) is 8.23. The number of amides is 2. The lowest BCUT2D eigenvalue weighted by molar-refractivity contribution is 0.172. The molecule has 2 unspecified atom stereocenters. The number of urea groups is 1. The molecule has 128 valence electrons. The Hall–Kier alpha value is -1.30. The molecule has 6 heteroatoms. The number of carbonyl (C=O) groups is 1. The fourth-order valence-corrected chi connectivity index (χ4v) is 3.11. The van der Waals surface area contributed by atoms with E-state index >= 15 is 0 Å². The van der Waals surface area contributed by atoms with Crippen LogP contribution >= 0.6 is 11.6 Å². The van der Waals surface area contributed by atoms with Gasteiger partial charge in [0.15, 0.2) is 0 Å². The monoisotopic (exact) mass is 339 g/mol. The number of likely N-dealkylation sites (tertiary alicyclic amines) is 1. The van der Waals surface area contributed by atoms with E-state index in [9.17, 15) is 9.90 Å². The number of aliphatic hydroxyl groups is 1. The predicted molar refractivity (Wildman–Crippen MR) is 92.7 cm³/mol. The van der Waals surface area contributed by atoms with Gasteiger partial charge in [-0.05, 0) is 37.9 Å². The second kappa shape index (κ2) is 9.11. The van der Waals surface area contributed by atoms with Gasteiger partial charge in [0.2, 0.25) is 0 Å². The Morgan fingerprint density at radius 3 is 2.61 bits per heavy atom. The molecule has 5 nitrogen and oxygen atoms in total. The number of nitrogens with zero attached hydrogens (tertiary/aromatic N) is 1. The summed E-state index contributed by atoms with van der Waals surface area (Å²) < 4.78 is 0. The van der Waals surface area contributed by atoms with Gasteiger partial charge < -0.3 is 20.6 Å². The van der Waals surface area contributed by atoms with Gasteiger partial charge in [-0.15, -0.1) is 0 Å². The molecule has 0 aliphatic carbocycles. The van der Waals surface area contributed by atoms with Crippen molar-refractivity contribution >= 4 is 17.6 Å². The maximum absolute atomic E-state index is 11.8. The highest BCUT2D eigenvalue weighted by atomic mass is 35.5. The Morgan fingerprint density at radius 2 is 1.91 bits per heavy atom. The van der Waals surface area contributed by atoms with Crippen molar-refractivity contribution in [2.45, 2.75) is 25.9 Å². The third-order valence-electron chi connectivity index (χ3n) is 4.10. The normalized spacial score (nSPS) is 17.7. The molecule has 1 aliphatic rings. The smallest absolute Gasteiger partial charge is 0.314 e. The second-order valence-corrected chi connectivity index (χ2v) is 6.65. The molecular formula is C17H26ClN3O2. The van der Waals surface area contributed by atoms with E-state index in [0.29, 0.717) is 23.0 Å². The Kier molecular flexibility index (Phi) is 7.15. The molecule has 0 saturated carbocycles. The van der Waals surface area contributed by atoms with Crippen molar-refractivity contribution < 1.29 is 9.90 Å². The summed E-state index contributed by atoms with van der Waals surface area (Å²) in [6, 6.07) is 6.83. The molecule has 1 aromatic rings. The first-order valence-corrected chi connectivity index (χ1v) is 8.60. The van der Waals surface area contributed by atoms with Gasteiger partial charge in [0.25, 0.3) is 0 Å². The Labute approximate surface area is 143 Å². The van der Waals surface area contributed by atoms with Crippen LogP contribution in [0.4, 0.5) is 4.79 Å². The van der Waals surface area contributed by atoms with Gasteiger partial charge >= 0.3 is 6.03 Å². The molecule has 1 aromatic carbocycles. The summed E-state index contributed by atoms with van der Waals surface area (Å²) >= 11 is 6.03. The molecule has 0 radical (unpaired) electrons. The lowest BCUT2D eigenvalue weighted by atomic mass is 10.1. The van der Waals surface area contributed by atoms with Crippen LogP contribution in [0.25, 0.3) is 0 Å². The van der Waals surface area contributed by atoms with Gasteiger partial charge in [-0.2, -0.15) is 0 Å². The summed E-state index contributed by atoms with van der Waals surface area (Å²) in [7, 11) is 0. The molecule has 3 N–H and O–H groups in total. The van der Waals surface area contributed by atoms with Crippen molar-refractivity contribution in [3.8, 4) is 0 Å². The molecule has 2 amide bonds. The number of hydrogen-bond donors (Lipinski definition) is 3. The number of carbonyl (C=O) groups excluding carboxylic acids is 1. The minimum absolute atomic E-state index is 0.135. The van der Waals surface area contributed by atoms with Crippen molar-refractivity contribution in [1.82, 2.24) is 15.5 Å². The molecule has 0 aromatic heterocycles. The Morgan fingerprint density at radius 1 is 1.26 bits per heavy atom. The number of aliphatic hydroxyl groups excluding tert-OH is 1. The van der Waals surface area contributed by atoms with Crippen LogP contribution in [0.5, 0.6) is 0 Å². The van der Waals surface area contributed by atoms with E-state index in [2.05, 4.69) is 22.5 Å². The Balaban J connectivity index is 1.65. The third kappa shape index (κ3) is 6.01. The lowest BCUT2D eigenvalue weighted by Crippen LogP contribution is -2.41. The van der Waals surface area contributed by atoms with Gasteiger partial charge in [0.1, 0.15) is 0 Å². The standard InChI is InChI=1S/C17H26ClN3O2/c1-13(12-21-8-4-5-9-21)10-19-17(23)20-11-16(22)14-6-2-3-7-15(14)18/h2-3,6-7,13,16,22H,4-5,8-12H2,1H3,(H2,19,20,23). The van der Waals surface area contributed by atoms with E-state index in [0.717, 1.165) is 6.54 Å². The SMILES string of the molecule is CC(CNC(=O)NCC(O)c1ccccc1Cl)CN1CCCC1. The molecular weight excluding hydrogens is 314 g/mol. The van der Waals surface area contributed by atoms with Crippen molar-refractivity contribution in [3.05, 3.63) is 34.9 Å². The maximum atomic E-state index is 11.8. The van der Waals surface area contributed by atoms with Crippen LogP contribution in [-0.4, -0.2) is 48.8 Å². The van der Waals surface area contributed by atoms with Gasteiger partial charge in [0, 0.05) is 30.2 Å². The van der Waals surface area contributed by atoms with E-state index in [1.54, 1.807) is 18.2 Å². The summed E-state index contributed by atoms with van der Waals surface area (Å²) in [6.45, 7) is 6.25. The summed E-state index contributed by atoms with van der Waals surface area (Å²) in [6.07, 6.45) is 1.75. The van der Waals surface area contributed by atoms with Crippen LogP contribution < -0.4 is 10.6 Å². The Bertz CT molecular complexity index is 506. The summed E-state index contributed by atoms with van der Waals surface area (Å²) in [5.74, 6) is 0.410.